The number of hydrogen-bond acceptors (Lipinski definition) is 2. The number of ketones is 1. The van der Waals surface area contributed by atoms with E-state index in [1.807, 2.05) is 30.5 Å². The van der Waals surface area contributed by atoms with Gasteiger partial charge in [0, 0.05) is 47.0 Å². The standard InChI is InChI=1S/C23H20FNO2/c1-23(2)10-18(26)22-20(11-23)27-19-6-4-3-5-15(19)21(22)16-12-25-17-9-13(24)7-8-14(16)17/h3-9,12,21,25H,10-11H2,1-2H3. The first-order valence-corrected chi connectivity index (χ1v) is 9.22. The van der Waals surface area contributed by atoms with Gasteiger partial charge in [0.05, 0.1) is 0 Å². The van der Waals surface area contributed by atoms with E-state index in [4.69, 9.17) is 4.74 Å². The topological polar surface area (TPSA) is 42.1 Å². The molecule has 1 N–H and O–H groups in total. The lowest BCUT2D eigenvalue weighted by Gasteiger charge is -2.38. The summed E-state index contributed by atoms with van der Waals surface area (Å²) in [5.41, 5.74) is 3.34. The molecule has 1 aliphatic carbocycles. The van der Waals surface area contributed by atoms with E-state index in [-0.39, 0.29) is 22.9 Å². The van der Waals surface area contributed by atoms with E-state index in [1.165, 1.54) is 12.1 Å². The largest absolute Gasteiger partial charge is 0.461 e. The predicted octanol–water partition coefficient (Wildman–Crippen LogP) is 5.47. The molecular weight excluding hydrogens is 341 g/mol. The molecule has 4 heteroatoms. The Morgan fingerprint density at radius 2 is 1.93 bits per heavy atom. The van der Waals surface area contributed by atoms with Crippen molar-refractivity contribution in [2.75, 3.05) is 0 Å². The van der Waals surface area contributed by atoms with Gasteiger partial charge < -0.3 is 9.72 Å². The number of para-hydroxylation sites is 1. The number of aromatic nitrogens is 1. The minimum atomic E-state index is -0.279. The number of rotatable bonds is 1. The lowest BCUT2D eigenvalue weighted by molar-refractivity contribution is -0.118. The van der Waals surface area contributed by atoms with Crippen molar-refractivity contribution in [3.63, 3.8) is 0 Å². The van der Waals surface area contributed by atoms with Gasteiger partial charge in [-0.1, -0.05) is 32.0 Å². The van der Waals surface area contributed by atoms with Gasteiger partial charge in [-0.3, -0.25) is 4.79 Å². The van der Waals surface area contributed by atoms with Gasteiger partial charge in [0.1, 0.15) is 17.3 Å². The van der Waals surface area contributed by atoms with Gasteiger partial charge >= 0.3 is 0 Å². The minimum Gasteiger partial charge on any atom is -0.461 e. The van der Waals surface area contributed by atoms with Crippen LogP contribution in [0.3, 0.4) is 0 Å². The zero-order valence-corrected chi connectivity index (χ0v) is 15.3. The number of hydrogen-bond donors (Lipinski definition) is 1. The van der Waals surface area contributed by atoms with Crippen molar-refractivity contribution in [3.05, 3.63) is 76.9 Å². The number of carbonyl (C=O) groups excluding carboxylic acids is 1. The van der Waals surface area contributed by atoms with Crippen molar-refractivity contribution in [2.45, 2.75) is 32.6 Å². The number of aromatic amines is 1. The first-order valence-electron chi connectivity index (χ1n) is 9.22. The number of carbonyl (C=O) groups is 1. The van der Waals surface area contributed by atoms with Crippen LogP contribution in [0.15, 0.2) is 60.0 Å². The van der Waals surface area contributed by atoms with Crippen molar-refractivity contribution in [1.82, 2.24) is 4.98 Å². The number of H-pyrrole nitrogens is 1. The van der Waals surface area contributed by atoms with Crippen LogP contribution in [0.5, 0.6) is 5.75 Å². The zero-order valence-electron chi connectivity index (χ0n) is 15.3. The SMILES string of the molecule is CC1(C)CC(=O)C2=C(C1)Oc1ccccc1C2c1c[nH]c2cc(F)ccc12. The highest BCUT2D eigenvalue weighted by molar-refractivity contribution is 6.01. The molecule has 0 bridgehead atoms. The molecule has 0 fully saturated rings. The number of fused-ring (bicyclic) bond motifs is 2. The zero-order chi connectivity index (χ0) is 18.8. The molecule has 27 heavy (non-hydrogen) atoms. The Labute approximate surface area is 156 Å². The van der Waals surface area contributed by atoms with Crippen LogP contribution in [0, 0.1) is 11.2 Å². The van der Waals surface area contributed by atoms with Gasteiger partial charge in [-0.2, -0.15) is 0 Å². The van der Waals surface area contributed by atoms with Crippen molar-refractivity contribution < 1.29 is 13.9 Å². The van der Waals surface area contributed by atoms with E-state index in [2.05, 4.69) is 18.8 Å². The Kier molecular flexibility index (Phi) is 3.36. The van der Waals surface area contributed by atoms with Crippen molar-refractivity contribution in [3.8, 4) is 5.75 Å². The van der Waals surface area contributed by atoms with Crippen molar-refractivity contribution in [1.29, 1.82) is 0 Å². The molecule has 2 aliphatic rings. The molecule has 0 spiro atoms. The Morgan fingerprint density at radius 1 is 1.11 bits per heavy atom. The number of halogens is 1. The maximum absolute atomic E-state index is 13.6. The van der Waals surface area contributed by atoms with Crippen LogP contribution in [0.2, 0.25) is 0 Å². The monoisotopic (exact) mass is 361 g/mol. The lowest BCUT2D eigenvalue weighted by atomic mass is 9.70. The molecule has 3 nitrogen and oxygen atoms in total. The second-order valence-electron chi connectivity index (χ2n) is 8.28. The highest BCUT2D eigenvalue weighted by Gasteiger charge is 2.42. The fourth-order valence-electron chi connectivity index (χ4n) is 4.47. The summed E-state index contributed by atoms with van der Waals surface area (Å²) in [5, 5.41) is 0.933. The highest BCUT2D eigenvalue weighted by Crippen LogP contribution is 2.50. The van der Waals surface area contributed by atoms with Crippen LogP contribution in [-0.2, 0) is 4.79 Å². The van der Waals surface area contributed by atoms with Crippen LogP contribution in [-0.4, -0.2) is 10.8 Å². The quantitative estimate of drug-likeness (QED) is 0.624. The summed E-state index contributed by atoms with van der Waals surface area (Å²) in [5.74, 6) is 1.23. The molecular formula is C23H20FNO2. The van der Waals surface area contributed by atoms with Crippen molar-refractivity contribution in [2.24, 2.45) is 5.41 Å². The molecule has 1 aromatic heterocycles. The first kappa shape index (κ1) is 16.3. The molecule has 2 aromatic carbocycles. The number of allylic oxidation sites excluding steroid dienone is 2. The summed E-state index contributed by atoms with van der Waals surface area (Å²) in [6.07, 6.45) is 3.13. The maximum atomic E-state index is 13.6. The van der Waals surface area contributed by atoms with Gasteiger partial charge in [0.25, 0.3) is 0 Å². The van der Waals surface area contributed by atoms with E-state index in [9.17, 15) is 9.18 Å². The third kappa shape index (κ3) is 2.51. The number of benzene rings is 2. The average molecular weight is 361 g/mol. The lowest BCUT2D eigenvalue weighted by Crippen LogP contribution is -2.32. The molecule has 3 aromatic rings. The van der Waals surface area contributed by atoms with Crippen LogP contribution >= 0.6 is 0 Å². The van der Waals surface area contributed by atoms with Crippen molar-refractivity contribution >= 4 is 16.7 Å². The third-order valence-electron chi connectivity index (χ3n) is 5.62. The third-order valence-corrected chi connectivity index (χ3v) is 5.62. The van der Waals surface area contributed by atoms with Crippen LogP contribution in [0.25, 0.3) is 10.9 Å². The van der Waals surface area contributed by atoms with Gasteiger partial charge in [0.2, 0.25) is 0 Å². The Bertz CT molecular complexity index is 1120. The fourth-order valence-corrected chi connectivity index (χ4v) is 4.47. The summed E-state index contributed by atoms with van der Waals surface area (Å²) in [6, 6.07) is 12.6. The summed E-state index contributed by atoms with van der Waals surface area (Å²) in [4.78, 5) is 16.3. The van der Waals surface area contributed by atoms with E-state index < -0.39 is 0 Å². The molecule has 2 heterocycles. The molecule has 1 atom stereocenters. The van der Waals surface area contributed by atoms with E-state index in [0.29, 0.717) is 6.42 Å². The molecule has 1 aliphatic heterocycles. The number of nitrogens with one attached hydrogen (secondary N) is 1. The Hall–Kier alpha value is -2.88. The van der Waals surface area contributed by atoms with Gasteiger partial charge in [0.15, 0.2) is 5.78 Å². The molecule has 0 amide bonds. The Balaban J connectivity index is 1.77. The number of ether oxygens (including phenoxy) is 1. The van der Waals surface area contributed by atoms with Gasteiger partial charge in [-0.25, -0.2) is 4.39 Å². The minimum absolute atomic E-state index is 0.115. The molecule has 0 saturated heterocycles. The number of Topliss-reactive ketones (excluding diaryl/α,β-unsaturated/α-hetero) is 1. The summed E-state index contributed by atoms with van der Waals surface area (Å²) in [6.45, 7) is 4.20. The van der Waals surface area contributed by atoms with Crippen LogP contribution < -0.4 is 4.74 Å². The molecule has 1 unspecified atom stereocenters. The summed E-state index contributed by atoms with van der Waals surface area (Å²) >= 11 is 0. The van der Waals surface area contributed by atoms with E-state index >= 15 is 0 Å². The van der Waals surface area contributed by atoms with Crippen LogP contribution in [0.1, 0.15) is 43.7 Å². The normalized spacial score (nSPS) is 21.0. The van der Waals surface area contributed by atoms with Gasteiger partial charge in [-0.15, -0.1) is 0 Å². The molecule has 0 radical (unpaired) electrons. The summed E-state index contributed by atoms with van der Waals surface area (Å²) < 4.78 is 19.8. The predicted molar refractivity (Wildman–Crippen MR) is 102 cm³/mol. The molecule has 136 valence electrons. The highest BCUT2D eigenvalue weighted by atomic mass is 19.1. The van der Waals surface area contributed by atoms with Crippen LogP contribution in [0.4, 0.5) is 4.39 Å². The molecule has 5 rings (SSSR count). The fraction of sp³-hybridized carbons (Fsp3) is 0.261. The second kappa shape index (κ2) is 5.56. The van der Waals surface area contributed by atoms with E-state index in [0.717, 1.165) is 45.5 Å². The van der Waals surface area contributed by atoms with E-state index in [1.54, 1.807) is 6.07 Å². The molecule has 0 saturated carbocycles. The van der Waals surface area contributed by atoms with Gasteiger partial charge in [-0.05, 0) is 35.2 Å². The summed E-state index contributed by atoms with van der Waals surface area (Å²) in [7, 11) is 0. The Morgan fingerprint density at radius 3 is 2.78 bits per heavy atom. The first-order chi connectivity index (χ1) is 12.9. The second-order valence-corrected chi connectivity index (χ2v) is 8.28. The smallest absolute Gasteiger partial charge is 0.163 e. The average Bonchev–Trinajstić information content (AvgIpc) is 3.01. The maximum Gasteiger partial charge on any atom is 0.163 e.